The second-order valence-corrected chi connectivity index (χ2v) is 8.52. The van der Waals surface area contributed by atoms with Crippen molar-refractivity contribution in [1.29, 1.82) is 0 Å². The molecule has 0 atom stereocenters. The standard InChI is InChI=1S/C23H40/c1-19(2)11-9-12-21(5)13-10-14-22(16-15-20(3)4)17-18-23(6,7)8/h11,13,15,17H,9-10,12,14,16,18H2,1-8H3/b21-13+,22-17-. The second kappa shape index (κ2) is 11.5. The van der Waals surface area contributed by atoms with E-state index in [1.54, 1.807) is 5.57 Å². The van der Waals surface area contributed by atoms with Crippen LogP contribution >= 0.6 is 0 Å². The quantitative estimate of drug-likeness (QED) is 0.376. The minimum Gasteiger partial charge on any atom is -0.0856 e. The Balaban J connectivity index is 4.53. The zero-order valence-electron chi connectivity index (χ0n) is 17.1. The first-order valence-corrected chi connectivity index (χ1v) is 9.20. The van der Waals surface area contributed by atoms with Gasteiger partial charge in [0.1, 0.15) is 0 Å². The van der Waals surface area contributed by atoms with E-state index in [0.717, 1.165) is 6.42 Å². The van der Waals surface area contributed by atoms with E-state index in [4.69, 9.17) is 0 Å². The molecule has 23 heavy (non-hydrogen) atoms. The normalized spacial score (nSPS) is 13.0. The molecule has 0 N–H and O–H groups in total. The molecule has 0 saturated carbocycles. The van der Waals surface area contributed by atoms with E-state index in [2.05, 4.69) is 79.7 Å². The third kappa shape index (κ3) is 15.6. The predicted molar refractivity (Wildman–Crippen MR) is 108 cm³/mol. The van der Waals surface area contributed by atoms with Crippen LogP contribution in [0.2, 0.25) is 0 Å². The molecule has 0 unspecified atom stereocenters. The summed E-state index contributed by atoms with van der Waals surface area (Å²) in [6.07, 6.45) is 16.6. The van der Waals surface area contributed by atoms with Crippen LogP contribution in [-0.2, 0) is 0 Å². The van der Waals surface area contributed by atoms with Crippen LogP contribution in [0.5, 0.6) is 0 Å². The van der Waals surface area contributed by atoms with Gasteiger partial charge in [0.25, 0.3) is 0 Å². The van der Waals surface area contributed by atoms with Gasteiger partial charge in [-0.1, -0.05) is 67.4 Å². The van der Waals surface area contributed by atoms with Crippen LogP contribution in [0, 0.1) is 5.41 Å². The molecule has 0 bridgehead atoms. The average molecular weight is 317 g/mol. The van der Waals surface area contributed by atoms with Crippen molar-refractivity contribution in [3.8, 4) is 0 Å². The fraction of sp³-hybridized carbons (Fsp3) is 0.652. The Bertz CT molecular complexity index is 439. The van der Waals surface area contributed by atoms with Crippen LogP contribution in [-0.4, -0.2) is 0 Å². The summed E-state index contributed by atoms with van der Waals surface area (Å²) in [4.78, 5) is 0. The zero-order valence-corrected chi connectivity index (χ0v) is 17.1. The number of hydrogen-bond donors (Lipinski definition) is 0. The van der Waals surface area contributed by atoms with Crippen molar-refractivity contribution in [3.63, 3.8) is 0 Å². The van der Waals surface area contributed by atoms with Crippen molar-refractivity contribution < 1.29 is 0 Å². The Morgan fingerprint density at radius 1 is 0.696 bits per heavy atom. The molecule has 0 nitrogen and oxygen atoms in total. The summed E-state index contributed by atoms with van der Waals surface area (Å²) in [7, 11) is 0. The van der Waals surface area contributed by atoms with Crippen molar-refractivity contribution in [1.82, 2.24) is 0 Å². The Kier molecular flexibility index (Phi) is 11.0. The first-order chi connectivity index (χ1) is 10.6. The molecule has 0 radical (unpaired) electrons. The SMILES string of the molecule is CC(C)=CCC/C(C)=C/CC/C(=C/CC(C)(C)C)CC=C(C)C. The van der Waals surface area contributed by atoms with Gasteiger partial charge in [-0.05, 0) is 78.6 Å². The summed E-state index contributed by atoms with van der Waals surface area (Å²) in [5.74, 6) is 0. The molecule has 0 aliphatic carbocycles. The lowest BCUT2D eigenvalue weighted by molar-refractivity contribution is 0.419. The van der Waals surface area contributed by atoms with Crippen LogP contribution in [0.4, 0.5) is 0 Å². The van der Waals surface area contributed by atoms with Crippen molar-refractivity contribution in [2.75, 3.05) is 0 Å². The fourth-order valence-corrected chi connectivity index (χ4v) is 2.27. The van der Waals surface area contributed by atoms with Gasteiger partial charge in [0.05, 0.1) is 0 Å². The first kappa shape index (κ1) is 22.0. The molecule has 0 aliphatic rings. The van der Waals surface area contributed by atoms with Gasteiger partial charge in [0, 0.05) is 0 Å². The lowest BCUT2D eigenvalue weighted by atomic mass is 9.90. The van der Waals surface area contributed by atoms with Gasteiger partial charge in [-0.2, -0.15) is 0 Å². The maximum Gasteiger partial charge on any atom is -0.0136 e. The van der Waals surface area contributed by atoms with Crippen LogP contribution in [0.3, 0.4) is 0 Å². The highest BCUT2D eigenvalue weighted by molar-refractivity contribution is 5.12. The van der Waals surface area contributed by atoms with Gasteiger partial charge in [0.15, 0.2) is 0 Å². The van der Waals surface area contributed by atoms with Crippen molar-refractivity contribution in [3.05, 3.63) is 46.6 Å². The Labute approximate surface area is 146 Å². The molecule has 0 spiro atoms. The maximum atomic E-state index is 2.48. The highest BCUT2D eigenvalue weighted by Gasteiger charge is 2.08. The molecule has 132 valence electrons. The molecule has 0 aromatic carbocycles. The van der Waals surface area contributed by atoms with Crippen molar-refractivity contribution in [2.45, 2.75) is 93.9 Å². The smallest absolute Gasteiger partial charge is 0.0136 e. The van der Waals surface area contributed by atoms with Gasteiger partial charge in [0.2, 0.25) is 0 Å². The molecule has 0 amide bonds. The summed E-state index contributed by atoms with van der Waals surface area (Å²) in [5, 5.41) is 0. The van der Waals surface area contributed by atoms with E-state index in [9.17, 15) is 0 Å². The van der Waals surface area contributed by atoms with E-state index in [1.807, 2.05) is 0 Å². The highest BCUT2D eigenvalue weighted by atomic mass is 14.1. The minimum absolute atomic E-state index is 0.381. The Morgan fingerprint density at radius 3 is 1.78 bits per heavy atom. The summed E-state index contributed by atoms with van der Waals surface area (Å²) in [5.41, 5.74) is 6.34. The third-order valence-corrected chi connectivity index (χ3v) is 3.83. The largest absolute Gasteiger partial charge is 0.0856 e. The Morgan fingerprint density at radius 2 is 1.26 bits per heavy atom. The molecule has 0 rings (SSSR count). The third-order valence-electron chi connectivity index (χ3n) is 3.83. The monoisotopic (exact) mass is 316 g/mol. The summed E-state index contributed by atoms with van der Waals surface area (Å²) >= 11 is 0. The zero-order chi connectivity index (χ0) is 17.9. The van der Waals surface area contributed by atoms with Crippen LogP contribution in [0.15, 0.2) is 46.6 Å². The fourth-order valence-electron chi connectivity index (χ4n) is 2.27. The van der Waals surface area contributed by atoms with Crippen molar-refractivity contribution in [2.24, 2.45) is 5.41 Å². The average Bonchev–Trinajstić information content (AvgIpc) is 2.39. The number of rotatable bonds is 9. The topological polar surface area (TPSA) is 0 Å². The molecule has 0 aromatic rings. The molecule has 0 fully saturated rings. The van der Waals surface area contributed by atoms with Crippen molar-refractivity contribution >= 4 is 0 Å². The second-order valence-electron chi connectivity index (χ2n) is 8.52. The molecule has 0 heterocycles. The van der Waals surface area contributed by atoms with Crippen LogP contribution < -0.4 is 0 Å². The molecular formula is C23H40. The van der Waals surface area contributed by atoms with E-state index in [0.29, 0.717) is 5.41 Å². The van der Waals surface area contributed by atoms with Gasteiger partial charge >= 0.3 is 0 Å². The summed E-state index contributed by atoms with van der Waals surface area (Å²) in [6, 6.07) is 0. The van der Waals surface area contributed by atoms with E-state index >= 15 is 0 Å². The van der Waals surface area contributed by atoms with E-state index in [-0.39, 0.29) is 0 Å². The summed E-state index contributed by atoms with van der Waals surface area (Å²) < 4.78 is 0. The van der Waals surface area contributed by atoms with Gasteiger partial charge in [-0.3, -0.25) is 0 Å². The van der Waals surface area contributed by atoms with E-state index in [1.165, 1.54) is 48.8 Å². The van der Waals surface area contributed by atoms with Gasteiger partial charge in [-0.15, -0.1) is 0 Å². The minimum atomic E-state index is 0.381. The lowest BCUT2D eigenvalue weighted by Crippen LogP contribution is -2.02. The molecule has 0 saturated heterocycles. The first-order valence-electron chi connectivity index (χ1n) is 9.20. The summed E-state index contributed by atoms with van der Waals surface area (Å²) in [6.45, 7) is 17.9. The van der Waals surface area contributed by atoms with Gasteiger partial charge in [-0.25, -0.2) is 0 Å². The highest BCUT2D eigenvalue weighted by Crippen LogP contribution is 2.23. The maximum absolute atomic E-state index is 2.48. The Hall–Kier alpha value is -1.04. The van der Waals surface area contributed by atoms with Gasteiger partial charge < -0.3 is 0 Å². The predicted octanol–water partition coefficient (Wildman–Crippen LogP) is 8.18. The molecule has 0 aliphatic heterocycles. The van der Waals surface area contributed by atoms with E-state index < -0.39 is 0 Å². The molecular weight excluding hydrogens is 276 g/mol. The van der Waals surface area contributed by atoms with Crippen LogP contribution in [0.25, 0.3) is 0 Å². The molecule has 0 aromatic heterocycles. The number of hydrogen-bond acceptors (Lipinski definition) is 0. The molecule has 0 heteroatoms. The lowest BCUT2D eigenvalue weighted by Gasteiger charge is -2.16. The number of allylic oxidation sites excluding steroid dienone is 8. The van der Waals surface area contributed by atoms with Crippen LogP contribution in [0.1, 0.15) is 93.9 Å².